The topological polar surface area (TPSA) is 56.9 Å². The zero-order chi connectivity index (χ0) is 13.8. The van der Waals surface area contributed by atoms with Gasteiger partial charge in [0.25, 0.3) is 0 Å². The van der Waals surface area contributed by atoms with E-state index in [4.69, 9.17) is 11.6 Å². The number of hydrogen-bond donors (Lipinski definition) is 3. The molecule has 2 rings (SSSR count). The quantitative estimate of drug-likeness (QED) is 0.791. The molecule has 2 amide bonds. The lowest BCUT2D eigenvalue weighted by molar-refractivity contribution is 0.241. The van der Waals surface area contributed by atoms with Gasteiger partial charge in [-0.3, -0.25) is 0 Å². The van der Waals surface area contributed by atoms with Gasteiger partial charge in [-0.05, 0) is 37.1 Å². The van der Waals surface area contributed by atoms with E-state index in [1.165, 1.54) is 0 Å². The van der Waals surface area contributed by atoms with E-state index in [0.29, 0.717) is 13.1 Å². The van der Waals surface area contributed by atoms with Gasteiger partial charge >= 0.3 is 6.03 Å². The van der Waals surface area contributed by atoms with Crippen LogP contribution in [-0.4, -0.2) is 17.6 Å². The van der Waals surface area contributed by atoms with Crippen molar-refractivity contribution < 1.29 is 4.79 Å². The van der Waals surface area contributed by atoms with Crippen LogP contribution in [0, 0.1) is 0 Å². The number of halogens is 1. The van der Waals surface area contributed by atoms with Crippen LogP contribution < -0.4 is 10.6 Å². The Morgan fingerprint density at radius 1 is 1.26 bits per heavy atom. The summed E-state index contributed by atoms with van der Waals surface area (Å²) in [6.45, 7) is 5.05. The van der Waals surface area contributed by atoms with Gasteiger partial charge in [0.1, 0.15) is 0 Å². The van der Waals surface area contributed by atoms with E-state index >= 15 is 0 Å². The Hall–Kier alpha value is -1.68. The van der Waals surface area contributed by atoms with Crippen molar-refractivity contribution in [2.45, 2.75) is 26.8 Å². The van der Waals surface area contributed by atoms with E-state index in [9.17, 15) is 4.79 Å². The van der Waals surface area contributed by atoms with Gasteiger partial charge in [-0.1, -0.05) is 18.5 Å². The van der Waals surface area contributed by atoms with Crippen molar-refractivity contribution >= 4 is 28.5 Å². The summed E-state index contributed by atoms with van der Waals surface area (Å²) in [7, 11) is 0. The third kappa shape index (κ3) is 3.20. The van der Waals surface area contributed by atoms with E-state index in [-0.39, 0.29) is 6.03 Å². The minimum atomic E-state index is -0.159. The second-order valence-electron chi connectivity index (χ2n) is 4.39. The minimum Gasteiger partial charge on any atom is -0.357 e. The molecule has 0 bridgehead atoms. The van der Waals surface area contributed by atoms with Crippen LogP contribution in [-0.2, 0) is 13.0 Å². The number of fused-ring (bicyclic) bond motifs is 1. The highest BCUT2D eigenvalue weighted by Gasteiger charge is 2.06. The van der Waals surface area contributed by atoms with Gasteiger partial charge in [0.2, 0.25) is 0 Å². The molecule has 0 atom stereocenters. The van der Waals surface area contributed by atoms with E-state index in [1.807, 2.05) is 19.1 Å². The first kappa shape index (κ1) is 13.7. The number of nitrogens with one attached hydrogen (secondary N) is 3. The predicted molar refractivity (Wildman–Crippen MR) is 78.6 cm³/mol. The maximum atomic E-state index is 11.3. The molecule has 5 heteroatoms. The largest absolute Gasteiger partial charge is 0.357 e. The SMILES string of the molecule is CCNC(=O)NCc1cc2cc(Cl)c(CC)cc2[nH]1. The van der Waals surface area contributed by atoms with Crippen molar-refractivity contribution in [3.05, 3.63) is 34.5 Å². The number of carbonyl (C=O) groups excluding carboxylic acids is 1. The van der Waals surface area contributed by atoms with Crippen LogP contribution in [0.15, 0.2) is 18.2 Å². The molecule has 0 fully saturated rings. The number of carbonyl (C=O) groups is 1. The number of aryl methyl sites for hydroxylation is 1. The summed E-state index contributed by atoms with van der Waals surface area (Å²) in [6.07, 6.45) is 0.903. The van der Waals surface area contributed by atoms with E-state index < -0.39 is 0 Å². The van der Waals surface area contributed by atoms with Crippen LogP contribution in [0.1, 0.15) is 25.1 Å². The molecule has 1 heterocycles. The van der Waals surface area contributed by atoms with Gasteiger partial charge < -0.3 is 15.6 Å². The molecule has 19 heavy (non-hydrogen) atoms. The zero-order valence-electron chi connectivity index (χ0n) is 11.1. The highest BCUT2D eigenvalue weighted by atomic mass is 35.5. The summed E-state index contributed by atoms with van der Waals surface area (Å²) in [6, 6.07) is 5.87. The third-order valence-corrected chi connectivity index (χ3v) is 3.35. The Morgan fingerprint density at radius 3 is 2.74 bits per heavy atom. The number of benzene rings is 1. The van der Waals surface area contributed by atoms with Crippen molar-refractivity contribution in [3.63, 3.8) is 0 Å². The molecule has 0 unspecified atom stereocenters. The molecular weight excluding hydrogens is 262 g/mol. The summed E-state index contributed by atoms with van der Waals surface area (Å²) >= 11 is 6.19. The van der Waals surface area contributed by atoms with Gasteiger partial charge in [-0.15, -0.1) is 0 Å². The first-order valence-electron chi connectivity index (χ1n) is 6.45. The van der Waals surface area contributed by atoms with Gasteiger partial charge in [0.05, 0.1) is 6.54 Å². The van der Waals surface area contributed by atoms with Crippen LogP contribution in [0.2, 0.25) is 5.02 Å². The maximum Gasteiger partial charge on any atom is 0.315 e. The first-order chi connectivity index (χ1) is 9.13. The van der Waals surface area contributed by atoms with Gasteiger partial charge in [-0.25, -0.2) is 4.79 Å². The lowest BCUT2D eigenvalue weighted by Crippen LogP contribution is -2.34. The van der Waals surface area contributed by atoms with E-state index in [0.717, 1.165) is 33.6 Å². The molecule has 4 nitrogen and oxygen atoms in total. The summed E-state index contributed by atoms with van der Waals surface area (Å²) < 4.78 is 0. The average Bonchev–Trinajstić information content (AvgIpc) is 2.77. The number of amides is 2. The second kappa shape index (κ2) is 5.97. The summed E-state index contributed by atoms with van der Waals surface area (Å²) in [5.74, 6) is 0. The van der Waals surface area contributed by atoms with Crippen molar-refractivity contribution in [1.82, 2.24) is 15.6 Å². The Bertz CT molecular complexity index is 592. The molecule has 0 radical (unpaired) electrons. The minimum absolute atomic E-state index is 0.159. The van der Waals surface area contributed by atoms with Crippen LogP contribution in [0.3, 0.4) is 0 Å². The predicted octanol–water partition coefficient (Wildman–Crippen LogP) is 3.20. The van der Waals surface area contributed by atoms with Crippen molar-refractivity contribution in [3.8, 4) is 0 Å². The molecular formula is C14H18ClN3O. The van der Waals surface area contributed by atoms with Crippen molar-refractivity contribution in [2.24, 2.45) is 0 Å². The van der Waals surface area contributed by atoms with E-state index in [2.05, 4.69) is 28.6 Å². The molecule has 1 aromatic carbocycles. The van der Waals surface area contributed by atoms with Gasteiger partial charge in [-0.2, -0.15) is 0 Å². The Kier molecular flexibility index (Phi) is 4.32. The number of hydrogen-bond acceptors (Lipinski definition) is 1. The number of rotatable bonds is 4. The van der Waals surface area contributed by atoms with Crippen molar-refractivity contribution in [1.29, 1.82) is 0 Å². The molecule has 0 aliphatic rings. The smallest absolute Gasteiger partial charge is 0.315 e. The number of aromatic nitrogens is 1. The zero-order valence-corrected chi connectivity index (χ0v) is 11.9. The number of aromatic amines is 1. The molecule has 2 aromatic rings. The summed E-state index contributed by atoms with van der Waals surface area (Å²) in [4.78, 5) is 14.6. The van der Waals surface area contributed by atoms with Crippen LogP contribution in [0.5, 0.6) is 0 Å². The fourth-order valence-electron chi connectivity index (χ4n) is 2.02. The summed E-state index contributed by atoms with van der Waals surface area (Å²) in [5.41, 5.74) is 3.14. The number of H-pyrrole nitrogens is 1. The molecule has 1 aromatic heterocycles. The Morgan fingerprint density at radius 2 is 2.05 bits per heavy atom. The fourth-order valence-corrected chi connectivity index (χ4v) is 2.33. The fraction of sp³-hybridized carbons (Fsp3) is 0.357. The van der Waals surface area contributed by atoms with Gasteiger partial charge in [0, 0.05) is 28.2 Å². The monoisotopic (exact) mass is 279 g/mol. The van der Waals surface area contributed by atoms with Crippen LogP contribution in [0.25, 0.3) is 10.9 Å². The van der Waals surface area contributed by atoms with Crippen LogP contribution >= 0.6 is 11.6 Å². The lowest BCUT2D eigenvalue weighted by Gasteiger charge is -2.03. The standard InChI is InChI=1S/C14H18ClN3O/c1-3-9-7-13-10(6-12(9)15)5-11(18-13)8-17-14(19)16-4-2/h5-7,18H,3-4,8H2,1-2H3,(H2,16,17,19). The lowest BCUT2D eigenvalue weighted by atomic mass is 10.1. The maximum absolute atomic E-state index is 11.3. The molecule has 0 spiro atoms. The third-order valence-electron chi connectivity index (χ3n) is 3.00. The Labute approximate surface area is 117 Å². The van der Waals surface area contributed by atoms with Crippen LogP contribution in [0.4, 0.5) is 4.79 Å². The highest BCUT2D eigenvalue weighted by molar-refractivity contribution is 6.32. The van der Waals surface area contributed by atoms with Gasteiger partial charge in [0.15, 0.2) is 0 Å². The molecule has 0 aliphatic heterocycles. The molecule has 0 saturated carbocycles. The van der Waals surface area contributed by atoms with E-state index in [1.54, 1.807) is 0 Å². The Balaban J connectivity index is 2.15. The molecule has 3 N–H and O–H groups in total. The molecule has 0 saturated heterocycles. The number of urea groups is 1. The molecule has 102 valence electrons. The average molecular weight is 280 g/mol. The summed E-state index contributed by atoms with van der Waals surface area (Å²) in [5, 5.41) is 7.34. The second-order valence-corrected chi connectivity index (χ2v) is 4.80. The normalized spacial score (nSPS) is 10.7. The van der Waals surface area contributed by atoms with Crippen molar-refractivity contribution in [2.75, 3.05) is 6.54 Å². The molecule has 0 aliphatic carbocycles. The highest BCUT2D eigenvalue weighted by Crippen LogP contribution is 2.25. The first-order valence-corrected chi connectivity index (χ1v) is 6.83.